The topological polar surface area (TPSA) is 52.0 Å². The predicted molar refractivity (Wildman–Crippen MR) is 33.6 cm³/mol. The molecule has 1 aromatic rings. The van der Waals surface area contributed by atoms with Crippen molar-refractivity contribution in [2.45, 2.75) is 6.18 Å². The lowest BCUT2D eigenvalue weighted by molar-refractivity contribution is -0.137. The molecule has 1 heterocycles. The zero-order valence-corrected chi connectivity index (χ0v) is 6.53. The first kappa shape index (κ1) is 8.38. The van der Waals surface area contributed by atoms with Crippen molar-refractivity contribution in [2.24, 2.45) is 0 Å². The molecule has 7 heteroatoms. The molecule has 1 rings (SSSR count). The quantitative estimate of drug-likeness (QED) is 0.743. The summed E-state index contributed by atoms with van der Waals surface area (Å²) in [5, 5.41) is 2.98. The summed E-state index contributed by atoms with van der Waals surface area (Å²) >= 11 is 2.55. The Morgan fingerprint density at radius 1 is 1.45 bits per heavy atom. The number of alkyl halides is 3. The summed E-state index contributed by atoms with van der Waals surface area (Å²) < 4.78 is 39.5. The van der Waals surface area contributed by atoms with E-state index in [1.807, 2.05) is 0 Å². The van der Waals surface area contributed by atoms with Crippen molar-refractivity contribution >= 4 is 21.8 Å². The lowest BCUT2D eigenvalue weighted by Gasteiger charge is -2.01. The van der Waals surface area contributed by atoms with Gasteiger partial charge in [-0.1, -0.05) is 5.16 Å². The third-order valence-corrected chi connectivity index (χ3v) is 1.50. The fourth-order valence-electron chi connectivity index (χ4n) is 0.539. The van der Waals surface area contributed by atoms with Crippen LogP contribution in [0.5, 0.6) is 0 Å². The lowest BCUT2D eigenvalue weighted by Crippen LogP contribution is -2.07. The Labute approximate surface area is 67.5 Å². The summed E-state index contributed by atoms with van der Waals surface area (Å²) in [6, 6.07) is 0. The third-order valence-electron chi connectivity index (χ3n) is 0.960. The van der Waals surface area contributed by atoms with Crippen LogP contribution >= 0.6 is 15.9 Å². The molecule has 0 aromatic carbocycles. The minimum atomic E-state index is -4.52. The normalized spacial score (nSPS) is 12.0. The van der Waals surface area contributed by atoms with Crippen LogP contribution in [-0.4, -0.2) is 5.16 Å². The highest BCUT2D eigenvalue weighted by atomic mass is 79.9. The highest BCUT2D eigenvalue weighted by molar-refractivity contribution is 9.10. The van der Waals surface area contributed by atoms with Gasteiger partial charge in [0.05, 0.1) is 0 Å². The molecule has 0 bridgehead atoms. The maximum Gasteiger partial charge on any atom is 0.424 e. The molecule has 0 fully saturated rings. The number of anilines is 1. The van der Waals surface area contributed by atoms with Crippen LogP contribution < -0.4 is 5.73 Å². The monoisotopic (exact) mass is 230 g/mol. The van der Waals surface area contributed by atoms with Gasteiger partial charge in [0, 0.05) is 0 Å². The van der Waals surface area contributed by atoms with Gasteiger partial charge in [-0.05, 0) is 15.9 Å². The summed E-state index contributed by atoms with van der Waals surface area (Å²) in [5.41, 5.74) is 3.78. The maximum atomic E-state index is 11.9. The van der Waals surface area contributed by atoms with Crippen molar-refractivity contribution in [3.63, 3.8) is 0 Å². The Morgan fingerprint density at radius 3 is 2.18 bits per heavy atom. The SMILES string of the molecule is Nc1onc(Br)c1C(F)(F)F. The minimum absolute atomic E-state index is 0.428. The first-order valence-corrected chi connectivity index (χ1v) is 3.20. The van der Waals surface area contributed by atoms with Crippen molar-refractivity contribution in [3.05, 3.63) is 10.2 Å². The van der Waals surface area contributed by atoms with Crippen LogP contribution in [0.3, 0.4) is 0 Å². The summed E-state index contributed by atoms with van der Waals surface area (Å²) in [6.45, 7) is 0. The molecule has 1 aromatic heterocycles. The maximum absolute atomic E-state index is 11.9. The van der Waals surface area contributed by atoms with Gasteiger partial charge in [-0.15, -0.1) is 0 Å². The molecule has 0 amide bonds. The van der Waals surface area contributed by atoms with E-state index in [0.29, 0.717) is 0 Å². The number of hydrogen-bond acceptors (Lipinski definition) is 3. The lowest BCUT2D eigenvalue weighted by atomic mass is 10.3. The molecular weight excluding hydrogens is 229 g/mol. The van der Waals surface area contributed by atoms with Crippen molar-refractivity contribution in [3.8, 4) is 0 Å². The first-order chi connectivity index (χ1) is 4.93. The van der Waals surface area contributed by atoms with Crippen molar-refractivity contribution < 1.29 is 17.7 Å². The molecule has 0 atom stereocenters. The highest BCUT2D eigenvalue weighted by Gasteiger charge is 2.39. The summed E-state index contributed by atoms with van der Waals surface area (Å²) in [4.78, 5) is 0. The molecule has 0 spiro atoms. The van der Waals surface area contributed by atoms with Gasteiger partial charge in [0.1, 0.15) is 0 Å². The second kappa shape index (κ2) is 2.40. The second-order valence-electron chi connectivity index (χ2n) is 1.71. The van der Waals surface area contributed by atoms with Gasteiger partial charge in [-0.3, -0.25) is 0 Å². The number of hydrogen-bond donors (Lipinski definition) is 1. The van der Waals surface area contributed by atoms with Crippen LogP contribution in [0.25, 0.3) is 0 Å². The zero-order chi connectivity index (χ0) is 8.65. The van der Waals surface area contributed by atoms with Crippen molar-refractivity contribution in [1.82, 2.24) is 5.16 Å². The minimum Gasteiger partial charge on any atom is -0.367 e. The molecule has 0 unspecified atom stereocenters. The number of nitrogens with zero attached hydrogens (tertiary/aromatic N) is 1. The van der Waals surface area contributed by atoms with Crippen LogP contribution in [0.2, 0.25) is 0 Å². The van der Waals surface area contributed by atoms with Crippen LogP contribution in [0, 0.1) is 0 Å². The highest BCUT2D eigenvalue weighted by Crippen LogP contribution is 2.38. The van der Waals surface area contributed by atoms with Gasteiger partial charge in [-0.25, -0.2) is 0 Å². The van der Waals surface area contributed by atoms with E-state index in [-0.39, 0.29) is 0 Å². The van der Waals surface area contributed by atoms with E-state index in [4.69, 9.17) is 5.73 Å². The Kier molecular flexibility index (Phi) is 1.83. The predicted octanol–water partition coefficient (Wildman–Crippen LogP) is 2.04. The van der Waals surface area contributed by atoms with Gasteiger partial charge in [-0.2, -0.15) is 13.2 Å². The molecule has 0 saturated heterocycles. The van der Waals surface area contributed by atoms with Crippen LogP contribution in [0.4, 0.5) is 19.1 Å². The number of nitrogens with two attached hydrogens (primary N) is 1. The molecule has 2 N–H and O–H groups in total. The Morgan fingerprint density at radius 2 is 2.00 bits per heavy atom. The molecule has 0 aliphatic rings. The summed E-state index contributed by atoms with van der Waals surface area (Å²) in [6.07, 6.45) is -4.52. The van der Waals surface area contributed by atoms with E-state index in [1.165, 1.54) is 0 Å². The molecule has 11 heavy (non-hydrogen) atoms. The van der Waals surface area contributed by atoms with Crippen LogP contribution in [0.15, 0.2) is 9.13 Å². The fraction of sp³-hybridized carbons (Fsp3) is 0.250. The standard InChI is InChI=1S/C4H2BrF3N2O/c5-2-1(4(6,7)8)3(9)11-10-2/h9H2. The summed E-state index contributed by atoms with van der Waals surface area (Å²) in [7, 11) is 0. The van der Waals surface area contributed by atoms with Crippen molar-refractivity contribution in [1.29, 1.82) is 0 Å². The van der Waals surface area contributed by atoms with E-state index < -0.39 is 22.2 Å². The Balaban J connectivity index is 3.21. The average molecular weight is 231 g/mol. The fourth-order valence-corrected chi connectivity index (χ4v) is 1.03. The average Bonchev–Trinajstić information content (AvgIpc) is 2.08. The van der Waals surface area contributed by atoms with Gasteiger partial charge in [0.25, 0.3) is 0 Å². The van der Waals surface area contributed by atoms with Gasteiger partial charge >= 0.3 is 6.18 Å². The zero-order valence-electron chi connectivity index (χ0n) is 4.94. The largest absolute Gasteiger partial charge is 0.424 e. The van der Waals surface area contributed by atoms with E-state index in [2.05, 4.69) is 25.6 Å². The molecule has 0 aliphatic carbocycles. The second-order valence-corrected chi connectivity index (χ2v) is 2.46. The Hall–Kier alpha value is -0.720. The van der Waals surface area contributed by atoms with Crippen LogP contribution in [-0.2, 0) is 6.18 Å². The van der Waals surface area contributed by atoms with Gasteiger partial charge < -0.3 is 10.3 Å². The smallest absolute Gasteiger partial charge is 0.367 e. The van der Waals surface area contributed by atoms with Gasteiger partial charge in [0.2, 0.25) is 5.88 Å². The number of rotatable bonds is 0. The van der Waals surface area contributed by atoms with E-state index >= 15 is 0 Å². The molecule has 0 aliphatic heterocycles. The number of halogens is 4. The molecule has 62 valence electrons. The van der Waals surface area contributed by atoms with Crippen molar-refractivity contribution in [2.75, 3.05) is 5.73 Å². The number of aromatic nitrogens is 1. The van der Waals surface area contributed by atoms with E-state index in [9.17, 15) is 13.2 Å². The Bertz CT molecular complexity index is 249. The molecule has 0 saturated carbocycles. The summed E-state index contributed by atoms with van der Waals surface area (Å²) in [5.74, 6) is -0.732. The van der Waals surface area contributed by atoms with E-state index in [1.54, 1.807) is 0 Å². The van der Waals surface area contributed by atoms with Crippen LogP contribution in [0.1, 0.15) is 5.56 Å². The molecular formula is C4H2BrF3N2O. The third kappa shape index (κ3) is 1.47. The number of nitrogen functional groups attached to an aromatic ring is 1. The molecule has 3 nitrogen and oxygen atoms in total. The van der Waals surface area contributed by atoms with E-state index in [0.717, 1.165) is 0 Å². The first-order valence-electron chi connectivity index (χ1n) is 2.40. The molecule has 0 radical (unpaired) electrons. The van der Waals surface area contributed by atoms with Gasteiger partial charge in [0.15, 0.2) is 10.2 Å².